The number of nitrogens with zero attached hydrogens (tertiary/aromatic N) is 1. The van der Waals surface area contributed by atoms with Gasteiger partial charge in [0.1, 0.15) is 30.0 Å². The molecule has 0 aromatic heterocycles. The van der Waals surface area contributed by atoms with Gasteiger partial charge in [0, 0.05) is 18.7 Å². The molecule has 0 bridgehead atoms. The molecule has 0 fully saturated rings. The van der Waals surface area contributed by atoms with Gasteiger partial charge in [-0.15, -0.1) is 24.0 Å². The second-order valence-corrected chi connectivity index (χ2v) is 6.04. The van der Waals surface area contributed by atoms with Crippen LogP contribution in [-0.4, -0.2) is 43.5 Å². The third-order valence-corrected chi connectivity index (χ3v) is 3.79. The van der Waals surface area contributed by atoms with Crippen molar-refractivity contribution in [1.82, 2.24) is 10.6 Å². The van der Waals surface area contributed by atoms with Crippen LogP contribution < -0.4 is 20.1 Å². The van der Waals surface area contributed by atoms with Crippen molar-refractivity contribution in [3.8, 4) is 11.5 Å². The number of nitrogens with one attached hydrogen (secondary N) is 2. The summed E-state index contributed by atoms with van der Waals surface area (Å²) in [6.07, 6.45) is -0.746. The number of rotatable bonds is 10. The Balaban J connectivity index is 0.00000420. The van der Waals surface area contributed by atoms with Crippen molar-refractivity contribution in [3.05, 3.63) is 59.9 Å². The molecule has 3 N–H and O–H groups in total. The van der Waals surface area contributed by atoms with E-state index in [-0.39, 0.29) is 42.9 Å². The Labute approximate surface area is 188 Å². The van der Waals surface area contributed by atoms with E-state index >= 15 is 0 Å². The number of benzene rings is 2. The molecule has 0 aliphatic heterocycles. The van der Waals surface area contributed by atoms with Crippen LogP contribution in [-0.2, 0) is 6.54 Å². The number of guanidine groups is 1. The zero-order valence-corrected chi connectivity index (χ0v) is 19.1. The number of hydrogen-bond acceptors (Lipinski definition) is 4. The summed E-state index contributed by atoms with van der Waals surface area (Å²) >= 11 is 0. The van der Waals surface area contributed by atoms with Gasteiger partial charge in [-0.1, -0.05) is 18.2 Å². The van der Waals surface area contributed by atoms with Crippen molar-refractivity contribution in [2.75, 3.05) is 26.3 Å². The minimum Gasteiger partial charge on any atom is -0.494 e. The lowest BCUT2D eigenvalue weighted by Gasteiger charge is -2.16. The molecular weight excluding hydrogens is 488 g/mol. The van der Waals surface area contributed by atoms with Crippen molar-refractivity contribution in [3.63, 3.8) is 0 Å². The minimum atomic E-state index is -0.746. The Hall–Kier alpha value is -2.07. The highest BCUT2D eigenvalue weighted by Crippen LogP contribution is 2.18. The van der Waals surface area contributed by atoms with Crippen molar-refractivity contribution in [2.45, 2.75) is 26.5 Å². The monoisotopic (exact) mass is 517 g/mol. The Morgan fingerprint density at radius 3 is 2.48 bits per heavy atom. The maximum absolute atomic E-state index is 12.9. The van der Waals surface area contributed by atoms with Crippen LogP contribution in [0.5, 0.6) is 11.5 Å². The van der Waals surface area contributed by atoms with Crippen LogP contribution in [0.3, 0.4) is 0 Å². The van der Waals surface area contributed by atoms with Gasteiger partial charge in [0.25, 0.3) is 0 Å². The summed E-state index contributed by atoms with van der Waals surface area (Å²) in [4.78, 5) is 4.55. The van der Waals surface area contributed by atoms with Crippen LogP contribution in [0.25, 0.3) is 0 Å². The molecular formula is C21H29FIN3O3. The van der Waals surface area contributed by atoms with Gasteiger partial charge in [-0.05, 0) is 44.2 Å². The second kappa shape index (κ2) is 14.0. The van der Waals surface area contributed by atoms with Gasteiger partial charge in [0.2, 0.25) is 0 Å². The maximum Gasteiger partial charge on any atom is 0.191 e. The molecule has 0 aliphatic carbocycles. The van der Waals surface area contributed by atoms with Crippen molar-refractivity contribution >= 4 is 29.9 Å². The van der Waals surface area contributed by atoms with Gasteiger partial charge in [-0.2, -0.15) is 0 Å². The number of aliphatic hydroxyl groups excluding tert-OH is 1. The third-order valence-electron chi connectivity index (χ3n) is 3.79. The highest BCUT2D eigenvalue weighted by molar-refractivity contribution is 14.0. The van der Waals surface area contributed by atoms with E-state index in [2.05, 4.69) is 15.6 Å². The van der Waals surface area contributed by atoms with Crippen molar-refractivity contribution in [2.24, 2.45) is 4.99 Å². The van der Waals surface area contributed by atoms with Gasteiger partial charge in [0.05, 0.1) is 13.2 Å². The number of halogens is 2. The third kappa shape index (κ3) is 9.31. The number of para-hydroxylation sites is 1. The van der Waals surface area contributed by atoms with Crippen LogP contribution in [0.1, 0.15) is 19.4 Å². The average Bonchev–Trinajstić information content (AvgIpc) is 2.71. The highest BCUT2D eigenvalue weighted by atomic mass is 127. The zero-order valence-electron chi connectivity index (χ0n) is 16.7. The minimum absolute atomic E-state index is 0. The lowest BCUT2D eigenvalue weighted by Crippen LogP contribution is -2.42. The van der Waals surface area contributed by atoms with Crippen LogP contribution in [0.15, 0.2) is 53.5 Å². The summed E-state index contributed by atoms with van der Waals surface area (Å²) in [5, 5.41) is 16.4. The smallest absolute Gasteiger partial charge is 0.191 e. The first kappa shape index (κ1) is 25.0. The Kier molecular flexibility index (Phi) is 12.1. The van der Waals surface area contributed by atoms with E-state index in [9.17, 15) is 9.50 Å². The average molecular weight is 517 g/mol. The molecule has 0 aliphatic rings. The summed E-state index contributed by atoms with van der Waals surface area (Å²) in [5.74, 6) is 1.59. The summed E-state index contributed by atoms with van der Waals surface area (Å²) in [5.41, 5.74) is 0.988. The first-order valence-corrected chi connectivity index (χ1v) is 9.41. The van der Waals surface area contributed by atoms with Gasteiger partial charge in [-0.3, -0.25) is 0 Å². The van der Waals surface area contributed by atoms with Crippen molar-refractivity contribution in [1.29, 1.82) is 0 Å². The number of hydrogen-bond donors (Lipinski definition) is 3. The summed E-state index contributed by atoms with van der Waals surface area (Å²) in [6.45, 7) is 6.01. The number of aliphatic imine (C=N–C) groups is 1. The van der Waals surface area contributed by atoms with Crippen LogP contribution in [0.2, 0.25) is 0 Å². The fourth-order valence-electron chi connectivity index (χ4n) is 2.43. The number of ether oxygens (including phenoxy) is 2. The first-order valence-electron chi connectivity index (χ1n) is 9.41. The lowest BCUT2D eigenvalue weighted by atomic mass is 10.2. The van der Waals surface area contributed by atoms with Crippen LogP contribution >= 0.6 is 24.0 Å². The fraction of sp³-hybridized carbons (Fsp3) is 0.381. The quantitative estimate of drug-likeness (QED) is 0.256. The first-order chi connectivity index (χ1) is 13.6. The van der Waals surface area contributed by atoms with E-state index in [0.717, 1.165) is 11.3 Å². The van der Waals surface area contributed by atoms with E-state index in [0.29, 0.717) is 31.4 Å². The molecule has 8 heteroatoms. The van der Waals surface area contributed by atoms with E-state index < -0.39 is 6.10 Å². The molecule has 2 aromatic carbocycles. The van der Waals surface area contributed by atoms with Gasteiger partial charge in [-0.25, -0.2) is 9.38 Å². The zero-order chi connectivity index (χ0) is 20.2. The molecule has 1 unspecified atom stereocenters. The van der Waals surface area contributed by atoms with Crippen LogP contribution in [0.4, 0.5) is 4.39 Å². The summed E-state index contributed by atoms with van der Waals surface area (Å²) in [6, 6.07) is 13.5. The van der Waals surface area contributed by atoms with E-state index in [1.165, 1.54) is 24.3 Å². The van der Waals surface area contributed by atoms with Gasteiger partial charge < -0.3 is 25.2 Å². The molecule has 1 atom stereocenters. The van der Waals surface area contributed by atoms with Gasteiger partial charge >= 0.3 is 0 Å². The molecule has 2 rings (SSSR count). The molecule has 0 saturated heterocycles. The SMILES string of the molecule is CCNC(=NCc1ccccc1OCC)NCC(O)COc1ccc(F)cc1.I. The van der Waals surface area contributed by atoms with E-state index in [1.807, 2.05) is 38.1 Å². The summed E-state index contributed by atoms with van der Waals surface area (Å²) < 4.78 is 24.0. The van der Waals surface area contributed by atoms with E-state index in [4.69, 9.17) is 9.47 Å². The highest BCUT2D eigenvalue weighted by Gasteiger charge is 2.08. The van der Waals surface area contributed by atoms with Crippen LogP contribution in [0, 0.1) is 5.82 Å². The number of aliphatic hydroxyl groups is 1. The molecule has 29 heavy (non-hydrogen) atoms. The Bertz CT molecular complexity index is 744. The molecule has 0 heterocycles. The maximum atomic E-state index is 12.9. The Morgan fingerprint density at radius 2 is 1.79 bits per heavy atom. The largest absolute Gasteiger partial charge is 0.494 e. The standard InChI is InChI=1S/C21H28FN3O3.HI/c1-3-23-21(24-13-16-7-5-6-8-20(16)27-4-2)25-14-18(26)15-28-19-11-9-17(22)10-12-19;/h5-12,18,26H,3-4,13-15H2,1-2H3,(H2,23,24,25);1H. The molecule has 160 valence electrons. The fourth-order valence-corrected chi connectivity index (χ4v) is 2.43. The second-order valence-electron chi connectivity index (χ2n) is 6.04. The van der Waals surface area contributed by atoms with Crippen molar-refractivity contribution < 1.29 is 19.0 Å². The Morgan fingerprint density at radius 1 is 1.07 bits per heavy atom. The molecule has 0 radical (unpaired) electrons. The molecule has 2 aromatic rings. The molecule has 0 saturated carbocycles. The topological polar surface area (TPSA) is 75.1 Å². The molecule has 6 nitrogen and oxygen atoms in total. The molecule has 0 spiro atoms. The normalized spacial score (nSPS) is 11.9. The predicted octanol–water partition coefficient (Wildman–Crippen LogP) is 3.34. The predicted molar refractivity (Wildman–Crippen MR) is 124 cm³/mol. The van der Waals surface area contributed by atoms with E-state index in [1.54, 1.807) is 0 Å². The lowest BCUT2D eigenvalue weighted by molar-refractivity contribution is 0.110. The van der Waals surface area contributed by atoms with Gasteiger partial charge in [0.15, 0.2) is 5.96 Å². The molecule has 0 amide bonds. The summed E-state index contributed by atoms with van der Waals surface area (Å²) in [7, 11) is 0.